The first-order valence-corrected chi connectivity index (χ1v) is 9.69. The van der Waals surface area contributed by atoms with Crippen LogP contribution in [0.1, 0.15) is 41.0 Å². The van der Waals surface area contributed by atoms with Crippen LogP contribution in [0.3, 0.4) is 0 Å². The molecule has 0 N–H and O–H groups in total. The van der Waals surface area contributed by atoms with Crippen LogP contribution in [-0.4, -0.2) is 71.8 Å². The summed E-state index contributed by atoms with van der Waals surface area (Å²) < 4.78 is 22.1. The molecule has 2 fully saturated rings. The molecule has 0 bridgehead atoms. The molecule has 9 nitrogen and oxygen atoms in total. The van der Waals surface area contributed by atoms with E-state index in [1.54, 1.807) is 0 Å². The molecule has 160 valence electrons. The van der Waals surface area contributed by atoms with Gasteiger partial charge in [-0.3, -0.25) is 19.3 Å². The summed E-state index contributed by atoms with van der Waals surface area (Å²) in [5, 5.41) is 0. The van der Waals surface area contributed by atoms with E-state index in [2.05, 4.69) is 4.90 Å². The highest BCUT2D eigenvalue weighted by molar-refractivity contribution is 5.87. The van der Waals surface area contributed by atoms with Crippen molar-refractivity contribution in [1.82, 2.24) is 4.90 Å². The predicted molar refractivity (Wildman–Crippen MR) is 98.4 cm³/mol. The molecule has 3 aliphatic rings. The van der Waals surface area contributed by atoms with Crippen molar-refractivity contribution in [3.05, 3.63) is 11.6 Å². The second-order valence-corrected chi connectivity index (χ2v) is 8.11. The molecule has 29 heavy (non-hydrogen) atoms. The number of nitrogens with zero attached hydrogens (tertiary/aromatic N) is 1. The fourth-order valence-electron chi connectivity index (χ4n) is 4.42. The maximum Gasteiger partial charge on any atom is 0.354 e. The monoisotopic (exact) mass is 409 g/mol. The van der Waals surface area contributed by atoms with E-state index < -0.39 is 47.1 Å². The van der Waals surface area contributed by atoms with E-state index in [1.165, 1.54) is 20.8 Å². The molecule has 0 amide bonds. The zero-order chi connectivity index (χ0) is 21.6. The number of rotatable bonds is 2. The van der Waals surface area contributed by atoms with E-state index in [-0.39, 0.29) is 12.6 Å². The van der Waals surface area contributed by atoms with Crippen molar-refractivity contribution >= 4 is 23.9 Å². The van der Waals surface area contributed by atoms with Crippen LogP contribution in [-0.2, 0) is 38.1 Å². The molecule has 3 heterocycles. The molecule has 0 aromatic carbocycles. The largest absolute Gasteiger partial charge is 0.460 e. The first-order valence-electron chi connectivity index (χ1n) is 9.69. The molecule has 0 radical (unpaired) electrons. The Hall–Kier alpha value is -2.42. The molecule has 0 aromatic rings. The van der Waals surface area contributed by atoms with Gasteiger partial charge in [0, 0.05) is 26.9 Å². The topological polar surface area (TPSA) is 108 Å². The second kappa shape index (κ2) is 7.44. The molecule has 9 heteroatoms. The fourth-order valence-corrected chi connectivity index (χ4v) is 4.42. The Bertz CT molecular complexity index is 776. The molecular weight excluding hydrogens is 382 g/mol. The number of esters is 4. The van der Waals surface area contributed by atoms with E-state index in [0.29, 0.717) is 13.0 Å². The molecule has 0 saturated carbocycles. The van der Waals surface area contributed by atoms with Gasteiger partial charge in [0.25, 0.3) is 0 Å². The van der Waals surface area contributed by atoms with Gasteiger partial charge < -0.3 is 18.9 Å². The highest BCUT2D eigenvalue weighted by atomic mass is 16.6. The number of carbonyl (C=O) groups excluding carboxylic acids is 4. The minimum absolute atomic E-state index is 0.0323. The van der Waals surface area contributed by atoms with Crippen LogP contribution in [0.15, 0.2) is 11.6 Å². The van der Waals surface area contributed by atoms with E-state index in [9.17, 15) is 19.2 Å². The third-order valence-electron chi connectivity index (χ3n) is 6.27. The van der Waals surface area contributed by atoms with E-state index >= 15 is 0 Å². The summed E-state index contributed by atoms with van der Waals surface area (Å²) in [7, 11) is 0. The first-order chi connectivity index (χ1) is 13.5. The average molecular weight is 409 g/mol. The van der Waals surface area contributed by atoms with Crippen molar-refractivity contribution in [3.8, 4) is 0 Å². The van der Waals surface area contributed by atoms with Crippen LogP contribution in [0.25, 0.3) is 0 Å². The maximum absolute atomic E-state index is 13.1. The van der Waals surface area contributed by atoms with E-state index in [0.717, 1.165) is 26.0 Å². The highest BCUT2D eigenvalue weighted by Gasteiger charge is 2.63. The molecule has 5 atom stereocenters. The van der Waals surface area contributed by atoms with Gasteiger partial charge in [0.15, 0.2) is 5.60 Å². The Balaban J connectivity index is 2.08. The fraction of sp³-hybridized carbons (Fsp3) is 0.700. The van der Waals surface area contributed by atoms with Gasteiger partial charge in [-0.2, -0.15) is 0 Å². The number of hydrogen-bond acceptors (Lipinski definition) is 9. The van der Waals surface area contributed by atoms with Gasteiger partial charge in [-0.1, -0.05) is 6.08 Å². The van der Waals surface area contributed by atoms with Crippen LogP contribution in [0, 0.1) is 5.92 Å². The van der Waals surface area contributed by atoms with Gasteiger partial charge in [-0.25, -0.2) is 4.79 Å². The Kier molecular flexibility index (Phi) is 5.46. The van der Waals surface area contributed by atoms with Gasteiger partial charge >= 0.3 is 23.9 Å². The molecule has 2 saturated heterocycles. The third-order valence-corrected chi connectivity index (χ3v) is 6.27. The SMILES string of the molecule is CC(=O)OC1(C)C(=O)OCC2=CCN3CCC(OC(=O)C(C)C1(C)OC(C)=O)C23. The van der Waals surface area contributed by atoms with Crippen molar-refractivity contribution in [2.75, 3.05) is 19.7 Å². The van der Waals surface area contributed by atoms with Gasteiger partial charge in [0.2, 0.25) is 5.60 Å². The number of cyclic esters (lactones) is 1. The number of ether oxygens (including phenoxy) is 4. The summed E-state index contributed by atoms with van der Waals surface area (Å²) in [4.78, 5) is 52.0. The lowest BCUT2D eigenvalue weighted by atomic mass is 9.75. The zero-order valence-corrected chi connectivity index (χ0v) is 17.4. The highest BCUT2D eigenvalue weighted by Crippen LogP contribution is 2.41. The van der Waals surface area contributed by atoms with E-state index in [4.69, 9.17) is 18.9 Å². The summed E-state index contributed by atoms with van der Waals surface area (Å²) in [5.74, 6) is -4.16. The molecule has 0 aromatic heterocycles. The molecular formula is C20H27NO8. The number of carbonyl (C=O) groups is 4. The van der Waals surface area contributed by atoms with Crippen LogP contribution in [0.4, 0.5) is 0 Å². The summed E-state index contributed by atoms with van der Waals surface area (Å²) in [5.41, 5.74) is -3.06. The standard InChI is InChI=1S/C20H27NO8/c1-11-17(24)27-15-7-9-21-8-6-14(16(15)21)10-26-18(25)20(5,29-13(3)23)19(11,4)28-12(2)22/h6,11,15-16H,7-10H2,1-5H3. The summed E-state index contributed by atoms with van der Waals surface area (Å²) in [6.07, 6.45) is 2.21. The van der Waals surface area contributed by atoms with E-state index in [1.807, 2.05) is 6.08 Å². The first kappa shape index (κ1) is 21.3. The normalized spacial score (nSPS) is 37.6. The Morgan fingerprint density at radius 2 is 1.83 bits per heavy atom. The minimum Gasteiger partial charge on any atom is -0.460 e. The van der Waals surface area contributed by atoms with Crippen LogP contribution < -0.4 is 0 Å². The Labute approximate surface area is 169 Å². The molecule has 3 aliphatic heterocycles. The number of hydrogen-bond donors (Lipinski definition) is 0. The van der Waals surface area contributed by atoms with Crippen molar-refractivity contribution < 1.29 is 38.1 Å². The quantitative estimate of drug-likeness (QED) is 0.371. The molecule has 3 rings (SSSR count). The molecule has 0 aliphatic carbocycles. The summed E-state index contributed by atoms with van der Waals surface area (Å²) >= 11 is 0. The van der Waals surface area contributed by atoms with Gasteiger partial charge in [0.1, 0.15) is 12.7 Å². The lowest BCUT2D eigenvalue weighted by Gasteiger charge is -2.44. The average Bonchev–Trinajstić information content (AvgIpc) is 3.19. The zero-order valence-electron chi connectivity index (χ0n) is 17.4. The summed E-state index contributed by atoms with van der Waals surface area (Å²) in [6.45, 7) is 7.85. The molecule has 0 spiro atoms. The van der Waals surface area contributed by atoms with Gasteiger partial charge in [-0.05, 0) is 32.8 Å². The lowest BCUT2D eigenvalue weighted by molar-refractivity contribution is -0.228. The third kappa shape index (κ3) is 3.52. The maximum atomic E-state index is 13.1. The Morgan fingerprint density at radius 1 is 1.17 bits per heavy atom. The van der Waals surface area contributed by atoms with Crippen LogP contribution in [0.5, 0.6) is 0 Å². The van der Waals surface area contributed by atoms with Crippen molar-refractivity contribution in [1.29, 1.82) is 0 Å². The second-order valence-electron chi connectivity index (χ2n) is 8.11. The van der Waals surface area contributed by atoms with Crippen molar-refractivity contribution in [3.63, 3.8) is 0 Å². The lowest BCUT2D eigenvalue weighted by Crippen LogP contribution is -2.65. The van der Waals surface area contributed by atoms with Crippen molar-refractivity contribution in [2.24, 2.45) is 5.92 Å². The van der Waals surface area contributed by atoms with Crippen LogP contribution in [0.2, 0.25) is 0 Å². The summed E-state index contributed by atoms with van der Waals surface area (Å²) in [6, 6.07) is -0.156. The molecule has 5 unspecified atom stereocenters. The minimum atomic E-state index is -2.05. The van der Waals surface area contributed by atoms with Crippen LogP contribution >= 0.6 is 0 Å². The predicted octanol–water partition coefficient (Wildman–Crippen LogP) is 0.749. The Morgan fingerprint density at radius 3 is 2.45 bits per heavy atom. The van der Waals surface area contributed by atoms with Gasteiger partial charge in [0.05, 0.1) is 12.0 Å². The van der Waals surface area contributed by atoms with Gasteiger partial charge in [-0.15, -0.1) is 0 Å². The smallest absolute Gasteiger partial charge is 0.354 e. The van der Waals surface area contributed by atoms with Crippen molar-refractivity contribution in [2.45, 2.75) is 64.4 Å².